The number of carbonyl (C=O) groups is 1. The van der Waals surface area contributed by atoms with Crippen LogP contribution in [0.2, 0.25) is 5.15 Å². The first-order valence-electron chi connectivity index (χ1n) is 8.72. The summed E-state index contributed by atoms with van der Waals surface area (Å²) in [7, 11) is 0. The molecule has 1 amide bonds. The Hall–Kier alpha value is -2.13. The number of hydrogen-bond acceptors (Lipinski definition) is 6. The van der Waals surface area contributed by atoms with Crippen LogP contribution in [0.15, 0.2) is 22.7 Å². The predicted octanol–water partition coefficient (Wildman–Crippen LogP) is 5.28. The van der Waals surface area contributed by atoms with Crippen LogP contribution in [0.1, 0.15) is 33.6 Å². The lowest BCUT2D eigenvalue weighted by molar-refractivity contribution is -0.384. The molecule has 0 saturated carbocycles. The van der Waals surface area contributed by atoms with Gasteiger partial charge in [-0.3, -0.25) is 10.1 Å². The average molecular weight is 474 g/mol. The van der Waals surface area contributed by atoms with E-state index < -0.39 is 16.6 Å². The van der Waals surface area contributed by atoms with E-state index in [9.17, 15) is 14.9 Å². The number of aromatic nitrogens is 1. The minimum absolute atomic E-state index is 0.162. The molecule has 0 unspecified atom stereocenters. The van der Waals surface area contributed by atoms with Crippen LogP contribution in [0.5, 0.6) is 0 Å². The van der Waals surface area contributed by atoms with Gasteiger partial charge in [0, 0.05) is 22.9 Å². The van der Waals surface area contributed by atoms with Crippen molar-refractivity contribution in [1.82, 2.24) is 10.3 Å². The fourth-order valence-corrected chi connectivity index (χ4v) is 3.12. The van der Waals surface area contributed by atoms with Gasteiger partial charge in [-0.2, -0.15) is 0 Å². The number of amides is 1. The molecule has 1 aromatic heterocycles. The molecule has 28 heavy (non-hydrogen) atoms. The van der Waals surface area contributed by atoms with E-state index >= 15 is 0 Å². The van der Waals surface area contributed by atoms with Gasteiger partial charge < -0.3 is 15.4 Å². The Kier molecular flexibility index (Phi) is 7.42. The van der Waals surface area contributed by atoms with Gasteiger partial charge in [0.25, 0.3) is 0 Å². The van der Waals surface area contributed by atoms with Gasteiger partial charge in [0.15, 0.2) is 0 Å². The summed E-state index contributed by atoms with van der Waals surface area (Å²) in [6, 6.07) is 5.29. The van der Waals surface area contributed by atoms with Gasteiger partial charge in [0.2, 0.25) is 5.15 Å². The Bertz CT molecular complexity index is 886. The maximum atomic E-state index is 11.6. The third kappa shape index (κ3) is 6.20. The van der Waals surface area contributed by atoms with Crippen LogP contribution in [0.3, 0.4) is 0 Å². The monoisotopic (exact) mass is 472 g/mol. The molecule has 0 aliphatic heterocycles. The Balaban J connectivity index is 1.99. The second-order valence-corrected chi connectivity index (χ2v) is 8.38. The van der Waals surface area contributed by atoms with Crippen LogP contribution in [0, 0.1) is 10.1 Å². The highest BCUT2D eigenvalue weighted by molar-refractivity contribution is 9.10. The number of rotatable bonds is 7. The number of carbonyl (C=O) groups excluding carboxylic acids is 1. The molecule has 1 aromatic carbocycles. The van der Waals surface area contributed by atoms with E-state index in [1.54, 1.807) is 39.0 Å². The molecule has 2 N–H and O–H groups in total. The van der Waals surface area contributed by atoms with Crippen molar-refractivity contribution in [2.75, 3.05) is 18.4 Å². The molecule has 0 fully saturated rings. The topological polar surface area (TPSA) is 106 Å². The first kappa shape index (κ1) is 22.2. The summed E-state index contributed by atoms with van der Waals surface area (Å²) < 4.78 is 5.96. The molecule has 0 spiro atoms. The molecule has 0 aliphatic rings. The number of alkyl carbamates (subject to hydrolysis) is 1. The Morgan fingerprint density at radius 1 is 1.32 bits per heavy atom. The molecule has 10 heteroatoms. The Labute approximate surface area is 176 Å². The molecular formula is C18H22BrClN4O4. The fraction of sp³-hybridized carbons (Fsp3) is 0.444. The molecule has 8 nitrogen and oxygen atoms in total. The third-order valence-electron chi connectivity index (χ3n) is 3.64. The number of anilines is 1. The molecule has 152 valence electrons. The number of nitrogens with zero attached hydrogens (tertiary/aromatic N) is 2. The number of pyridine rings is 1. The van der Waals surface area contributed by atoms with Crippen LogP contribution >= 0.6 is 27.5 Å². The normalized spacial score (nSPS) is 11.3. The van der Waals surface area contributed by atoms with Crippen LogP contribution in [0.25, 0.3) is 10.9 Å². The van der Waals surface area contributed by atoms with Crippen molar-refractivity contribution >= 4 is 55.9 Å². The minimum atomic E-state index is -0.540. The second-order valence-electron chi connectivity index (χ2n) is 7.11. The summed E-state index contributed by atoms with van der Waals surface area (Å²) in [6.07, 6.45) is 0.904. The summed E-state index contributed by atoms with van der Waals surface area (Å²) >= 11 is 9.39. The zero-order valence-electron chi connectivity index (χ0n) is 15.8. The number of hydrogen-bond donors (Lipinski definition) is 2. The summed E-state index contributed by atoms with van der Waals surface area (Å²) in [5, 5.41) is 17.7. The first-order chi connectivity index (χ1) is 13.1. The van der Waals surface area contributed by atoms with E-state index in [2.05, 4.69) is 31.5 Å². The Morgan fingerprint density at radius 2 is 2.00 bits per heavy atom. The summed E-state index contributed by atoms with van der Waals surface area (Å²) in [5.41, 5.74) is 0.108. The number of nitro groups is 1. The highest BCUT2D eigenvalue weighted by Gasteiger charge is 2.23. The van der Waals surface area contributed by atoms with E-state index in [0.29, 0.717) is 42.5 Å². The van der Waals surface area contributed by atoms with Gasteiger partial charge in [-0.15, -0.1) is 0 Å². The molecule has 1 heterocycles. The van der Waals surface area contributed by atoms with E-state index in [0.717, 1.165) is 4.47 Å². The van der Waals surface area contributed by atoms with Gasteiger partial charge in [-0.05, 0) is 51.8 Å². The number of halogens is 2. The molecule has 2 aromatic rings. The molecule has 0 atom stereocenters. The van der Waals surface area contributed by atoms with Gasteiger partial charge >= 0.3 is 11.8 Å². The van der Waals surface area contributed by atoms with Crippen molar-refractivity contribution in [3.63, 3.8) is 0 Å². The molecule has 0 radical (unpaired) electrons. The zero-order valence-corrected chi connectivity index (χ0v) is 18.2. The van der Waals surface area contributed by atoms with Crippen molar-refractivity contribution in [2.45, 2.75) is 39.2 Å². The quantitative estimate of drug-likeness (QED) is 0.245. The number of nitrogens with one attached hydrogen (secondary N) is 2. The molecule has 0 bridgehead atoms. The highest BCUT2D eigenvalue weighted by atomic mass is 79.9. The van der Waals surface area contributed by atoms with Gasteiger partial charge in [-0.1, -0.05) is 27.5 Å². The maximum Gasteiger partial charge on any atom is 0.407 e. The van der Waals surface area contributed by atoms with E-state index in [4.69, 9.17) is 16.3 Å². The van der Waals surface area contributed by atoms with Crippen molar-refractivity contribution < 1.29 is 14.5 Å². The standard InChI is InChI=1S/C18H22BrClN4O4/c1-18(2,3)28-17(25)22-9-5-4-8-21-14-12-7-6-11(19)10-13(12)23-16(20)15(14)24(26)27/h6-7,10H,4-5,8-9H2,1-3H3,(H,21,23)(H,22,25). The SMILES string of the molecule is CC(C)(C)OC(=O)NCCCCNc1c([N+](=O)[O-])c(Cl)nc2cc(Br)ccc12. The van der Waals surface area contributed by atoms with Crippen molar-refractivity contribution in [3.8, 4) is 0 Å². The lowest BCUT2D eigenvalue weighted by atomic mass is 10.1. The predicted molar refractivity (Wildman–Crippen MR) is 113 cm³/mol. The van der Waals surface area contributed by atoms with Gasteiger partial charge in [-0.25, -0.2) is 9.78 Å². The molecule has 0 aliphatic carbocycles. The molecular weight excluding hydrogens is 452 g/mol. The summed E-state index contributed by atoms with van der Waals surface area (Å²) in [4.78, 5) is 26.6. The number of unbranched alkanes of at least 4 members (excludes halogenated alkanes) is 1. The van der Waals surface area contributed by atoms with E-state index in [1.165, 1.54) is 0 Å². The lowest BCUT2D eigenvalue weighted by Gasteiger charge is -2.19. The van der Waals surface area contributed by atoms with Gasteiger partial charge in [0.05, 0.1) is 10.4 Å². The number of benzene rings is 1. The van der Waals surface area contributed by atoms with Crippen LogP contribution in [0.4, 0.5) is 16.2 Å². The Morgan fingerprint density at radius 3 is 2.64 bits per heavy atom. The van der Waals surface area contributed by atoms with Crippen molar-refractivity contribution in [1.29, 1.82) is 0 Å². The number of fused-ring (bicyclic) bond motifs is 1. The minimum Gasteiger partial charge on any atom is -0.444 e. The number of ether oxygens (including phenoxy) is 1. The zero-order chi connectivity index (χ0) is 20.9. The van der Waals surface area contributed by atoms with E-state index in [-0.39, 0.29) is 10.8 Å². The first-order valence-corrected chi connectivity index (χ1v) is 9.89. The molecule has 0 saturated heterocycles. The second kappa shape index (κ2) is 9.38. The fourth-order valence-electron chi connectivity index (χ4n) is 2.51. The van der Waals surface area contributed by atoms with Gasteiger partial charge in [0.1, 0.15) is 11.3 Å². The van der Waals surface area contributed by atoms with Crippen molar-refractivity contribution in [3.05, 3.63) is 37.9 Å². The largest absolute Gasteiger partial charge is 0.444 e. The van der Waals surface area contributed by atoms with Crippen LogP contribution in [-0.2, 0) is 4.74 Å². The molecule has 2 rings (SSSR count). The van der Waals surface area contributed by atoms with Crippen molar-refractivity contribution in [2.24, 2.45) is 0 Å². The van der Waals surface area contributed by atoms with Crippen LogP contribution < -0.4 is 10.6 Å². The summed E-state index contributed by atoms with van der Waals surface area (Å²) in [5.74, 6) is 0. The smallest absolute Gasteiger partial charge is 0.407 e. The average Bonchev–Trinajstić information content (AvgIpc) is 2.55. The maximum absolute atomic E-state index is 11.6. The highest BCUT2D eigenvalue weighted by Crippen LogP contribution is 2.38. The van der Waals surface area contributed by atoms with E-state index in [1.807, 2.05) is 0 Å². The van der Waals surface area contributed by atoms with Crippen LogP contribution in [-0.4, -0.2) is 34.7 Å². The lowest BCUT2D eigenvalue weighted by Crippen LogP contribution is -2.33. The third-order valence-corrected chi connectivity index (χ3v) is 4.39. The summed E-state index contributed by atoms with van der Waals surface area (Å²) in [6.45, 7) is 6.32.